The predicted molar refractivity (Wildman–Crippen MR) is 51.5 cm³/mol. The Morgan fingerprint density at radius 3 is 1.86 bits per heavy atom. The smallest absolute Gasteiger partial charge is 0.305 e. The topological polar surface area (TPSA) is 52.6 Å². The van der Waals surface area contributed by atoms with Gasteiger partial charge in [0.2, 0.25) is 0 Å². The maximum Gasteiger partial charge on any atom is 0.305 e. The second-order valence-electron chi connectivity index (χ2n) is 3.42. The van der Waals surface area contributed by atoms with E-state index in [1.165, 1.54) is 13.8 Å². The van der Waals surface area contributed by atoms with Gasteiger partial charge in [-0.25, -0.2) is 0 Å². The van der Waals surface area contributed by atoms with Crippen LogP contribution in [0.25, 0.3) is 0 Å². The third kappa shape index (κ3) is 5.56. The van der Waals surface area contributed by atoms with Crippen LogP contribution in [0.1, 0.15) is 47.0 Å². The molecule has 0 N–H and O–H groups in total. The summed E-state index contributed by atoms with van der Waals surface area (Å²) in [5.41, 5.74) is 0. The zero-order chi connectivity index (χ0) is 11.2. The first-order valence-electron chi connectivity index (χ1n) is 4.79. The molecular weight excluding hydrogens is 184 g/mol. The molecule has 82 valence electrons. The molecule has 0 aliphatic heterocycles. The van der Waals surface area contributed by atoms with Gasteiger partial charge < -0.3 is 9.47 Å². The molecule has 0 unspecified atom stereocenters. The molecule has 0 aliphatic rings. The summed E-state index contributed by atoms with van der Waals surface area (Å²) >= 11 is 0. The largest absolute Gasteiger partial charge is 0.423 e. The summed E-state index contributed by atoms with van der Waals surface area (Å²) in [6, 6.07) is 0. The first-order chi connectivity index (χ1) is 6.39. The van der Waals surface area contributed by atoms with Crippen molar-refractivity contribution >= 4 is 11.9 Å². The fourth-order valence-electron chi connectivity index (χ4n) is 1.23. The number of unbranched alkanes of at least 4 members (excludes halogenated alkanes) is 1. The maximum absolute atomic E-state index is 10.8. The van der Waals surface area contributed by atoms with Crippen LogP contribution in [-0.2, 0) is 19.1 Å². The van der Waals surface area contributed by atoms with Crippen LogP contribution < -0.4 is 0 Å². The van der Waals surface area contributed by atoms with Crippen LogP contribution in [0.15, 0.2) is 0 Å². The van der Waals surface area contributed by atoms with E-state index in [2.05, 4.69) is 0 Å². The van der Waals surface area contributed by atoms with Gasteiger partial charge in [-0.05, 0) is 6.42 Å². The van der Waals surface area contributed by atoms with Crippen LogP contribution in [-0.4, -0.2) is 17.7 Å². The average Bonchev–Trinajstić information content (AvgIpc) is 1.97. The van der Waals surface area contributed by atoms with Crippen molar-refractivity contribution in [2.24, 2.45) is 0 Å². The first-order valence-corrected chi connectivity index (χ1v) is 4.79. The van der Waals surface area contributed by atoms with E-state index in [-0.39, 0.29) is 0 Å². The van der Waals surface area contributed by atoms with Gasteiger partial charge in [-0.2, -0.15) is 0 Å². The van der Waals surface area contributed by atoms with Crippen molar-refractivity contribution in [3.05, 3.63) is 0 Å². The predicted octanol–water partition coefficient (Wildman–Crippen LogP) is 2.02. The SMILES string of the molecule is CCCCC(C)(OC(C)=O)OC(C)=O. The fraction of sp³-hybridized carbons (Fsp3) is 0.800. The minimum Gasteiger partial charge on any atom is -0.423 e. The highest BCUT2D eigenvalue weighted by Crippen LogP contribution is 2.20. The van der Waals surface area contributed by atoms with Crippen molar-refractivity contribution in [2.75, 3.05) is 0 Å². The van der Waals surface area contributed by atoms with Gasteiger partial charge in [-0.3, -0.25) is 9.59 Å². The Labute approximate surface area is 84.6 Å². The normalized spacial score (nSPS) is 10.9. The summed E-state index contributed by atoms with van der Waals surface area (Å²) in [5, 5.41) is 0. The zero-order valence-electron chi connectivity index (χ0n) is 9.25. The molecule has 0 rings (SSSR count). The van der Waals surface area contributed by atoms with Crippen LogP contribution >= 0.6 is 0 Å². The van der Waals surface area contributed by atoms with Crippen molar-refractivity contribution in [1.29, 1.82) is 0 Å². The number of hydrogen-bond donors (Lipinski definition) is 0. The molecule has 14 heavy (non-hydrogen) atoms. The highest BCUT2D eigenvalue weighted by Gasteiger charge is 2.30. The molecule has 0 aromatic rings. The minimum atomic E-state index is -1.10. The van der Waals surface area contributed by atoms with E-state index >= 15 is 0 Å². The molecule has 0 saturated carbocycles. The van der Waals surface area contributed by atoms with E-state index in [9.17, 15) is 9.59 Å². The summed E-state index contributed by atoms with van der Waals surface area (Å²) in [6.45, 7) is 6.22. The van der Waals surface area contributed by atoms with Gasteiger partial charge in [-0.15, -0.1) is 0 Å². The molecular formula is C10H18O4. The number of carbonyl (C=O) groups is 2. The average molecular weight is 202 g/mol. The molecule has 0 atom stereocenters. The van der Waals surface area contributed by atoms with Crippen LogP contribution in [0, 0.1) is 0 Å². The van der Waals surface area contributed by atoms with E-state index in [1.807, 2.05) is 6.92 Å². The highest BCUT2D eigenvalue weighted by atomic mass is 16.7. The molecule has 0 aromatic heterocycles. The Bertz CT molecular complexity index is 194. The van der Waals surface area contributed by atoms with Crippen LogP contribution in [0.2, 0.25) is 0 Å². The van der Waals surface area contributed by atoms with Gasteiger partial charge in [0.05, 0.1) is 0 Å². The van der Waals surface area contributed by atoms with E-state index in [0.717, 1.165) is 12.8 Å². The molecule has 0 amide bonds. The summed E-state index contributed by atoms with van der Waals surface area (Å²) < 4.78 is 9.94. The summed E-state index contributed by atoms with van der Waals surface area (Å²) in [6.07, 6.45) is 2.33. The standard InChI is InChI=1S/C10H18O4/c1-5-6-7-10(4,13-8(2)11)14-9(3)12/h5-7H2,1-4H3. The lowest BCUT2D eigenvalue weighted by molar-refractivity contribution is -0.222. The van der Waals surface area contributed by atoms with Crippen molar-refractivity contribution in [3.8, 4) is 0 Å². The molecule has 0 heterocycles. The summed E-state index contributed by atoms with van der Waals surface area (Å²) in [4.78, 5) is 21.6. The van der Waals surface area contributed by atoms with E-state index in [1.54, 1.807) is 6.92 Å². The van der Waals surface area contributed by atoms with E-state index < -0.39 is 17.7 Å². The number of ether oxygens (including phenoxy) is 2. The van der Waals surface area contributed by atoms with E-state index in [0.29, 0.717) is 6.42 Å². The molecule has 0 bridgehead atoms. The molecule has 4 nitrogen and oxygen atoms in total. The van der Waals surface area contributed by atoms with E-state index in [4.69, 9.17) is 9.47 Å². The quantitative estimate of drug-likeness (QED) is 0.505. The Hall–Kier alpha value is -1.06. The highest BCUT2D eigenvalue weighted by molar-refractivity contribution is 5.68. The lowest BCUT2D eigenvalue weighted by Gasteiger charge is -2.27. The molecule has 0 spiro atoms. The molecule has 0 radical (unpaired) electrons. The van der Waals surface area contributed by atoms with Crippen LogP contribution in [0.4, 0.5) is 0 Å². The van der Waals surface area contributed by atoms with Gasteiger partial charge in [0.25, 0.3) is 5.79 Å². The Balaban J connectivity index is 4.31. The molecule has 4 heteroatoms. The Morgan fingerprint density at radius 2 is 1.57 bits per heavy atom. The van der Waals surface area contributed by atoms with Gasteiger partial charge >= 0.3 is 11.9 Å². The number of rotatable bonds is 5. The van der Waals surface area contributed by atoms with Crippen molar-refractivity contribution in [3.63, 3.8) is 0 Å². The van der Waals surface area contributed by atoms with Gasteiger partial charge in [0, 0.05) is 27.2 Å². The molecule has 0 aromatic carbocycles. The Morgan fingerprint density at radius 1 is 1.14 bits per heavy atom. The van der Waals surface area contributed by atoms with Crippen molar-refractivity contribution in [2.45, 2.75) is 52.7 Å². The van der Waals surface area contributed by atoms with Crippen LogP contribution in [0.3, 0.4) is 0 Å². The molecule has 0 aliphatic carbocycles. The lowest BCUT2D eigenvalue weighted by atomic mass is 10.1. The van der Waals surface area contributed by atoms with Crippen molar-refractivity contribution < 1.29 is 19.1 Å². The molecule has 0 saturated heterocycles. The summed E-state index contributed by atoms with van der Waals surface area (Å²) in [7, 11) is 0. The summed E-state index contributed by atoms with van der Waals surface area (Å²) in [5.74, 6) is -1.98. The number of hydrogen-bond acceptors (Lipinski definition) is 4. The Kier molecular flexibility index (Phi) is 5.20. The lowest BCUT2D eigenvalue weighted by Crippen LogP contribution is -2.35. The first kappa shape index (κ1) is 12.9. The second kappa shape index (κ2) is 5.62. The third-order valence-corrected chi connectivity index (χ3v) is 1.70. The second-order valence-corrected chi connectivity index (χ2v) is 3.42. The number of esters is 2. The minimum absolute atomic E-state index is 0.440. The fourth-order valence-corrected chi connectivity index (χ4v) is 1.23. The zero-order valence-corrected chi connectivity index (χ0v) is 9.25. The van der Waals surface area contributed by atoms with Crippen molar-refractivity contribution in [1.82, 2.24) is 0 Å². The molecule has 0 fully saturated rings. The van der Waals surface area contributed by atoms with Gasteiger partial charge in [0.15, 0.2) is 0 Å². The monoisotopic (exact) mass is 202 g/mol. The third-order valence-electron chi connectivity index (χ3n) is 1.70. The number of carbonyl (C=O) groups excluding carboxylic acids is 2. The van der Waals surface area contributed by atoms with Gasteiger partial charge in [0.1, 0.15) is 0 Å². The van der Waals surface area contributed by atoms with Gasteiger partial charge in [-0.1, -0.05) is 13.3 Å². The maximum atomic E-state index is 10.8. The van der Waals surface area contributed by atoms with Crippen LogP contribution in [0.5, 0.6) is 0 Å².